The number of nitrogens with one attached hydrogen (secondary N) is 1. The Morgan fingerprint density at radius 1 is 1.27 bits per heavy atom. The van der Waals surface area contributed by atoms with Crippen LogP contribution >= 0.6 is 0 Å². The molecule has 1 aromatic heterocycles. The summed E-state index contributed by atoms with van der Waals surface area (Å²) in [7, 11) is 0. The number of rotatable bonds is 4. The summed E-state index contributed by atoms with van der Waals surface area (Å²) in [5.41, 5.74) is 0.795. The van der Waals surface area contributed by atoms with Crippen LogP contribution in [0.25, 0.3) is 10.9 Å². The van der Waals surface area contributed by atoms with Crippen LogP contribution in [-0.2, 0) is 4.79 Å². The number of aromatic nitrogens is 1. The molecule has 0 aliphatic heterocycles. The molecule has 4 nitrogen and oxygen atoms in total. The maximum absolute atomic E-state index is 12.1. The van der Waals surface area contributed by atoms with Crippen molar-refractivity contribution in [2.75, 3.05) is 6.61 Å². The molecule has 1 fully saturated rings. The van der Waals surface area contributed by atoms with E-state index in [9.17, 15) is 4.79 Å². The Bertz CT molecular complexity index is 651. The molecular weight excluding hydrogens is 276 g/mol. The lowest BCUT2D eigenvalue weighted by Crippen LogP contribution is -2.43. The van der Waals surface area contributed by atoms with Crippen LogP contribution in [0.3, 0.4) is 0 Å². The Hall–Kier alpha value is -2.10. The molecule has 0 bridgehead atoms. The lowest BCUT2D eigenvalue weighted by Gasteiger charge is -2.29. The van der Waals surface area contributed by atoms with Gasteiger partial charge in [-0.15, -0.1) is 0 Å². The van der Waals surface area contributed by atoms with Gasteiger partial charge in [0.1, 0.15) is 11.3 Å². The minimum Gasteiger partial charge on any atom is -0.481 e. The van der Waals surface area contributed by atoms with E-state index in [1.54, 1.807) is 6.20 Å². The van der Waals surface area contributed by atoms with E-state index in [1.807, 2.05) is 30.3 Å². The van der Waals surface area contributed by atoms with Crippen LogP contribution in [0.4, 0.5) is 0 Å². The first-order valence-corrected chi connectivity index (χ1v) is 8.00. The number of benzene rings is 1. The second-order valence-electron chi connectivity index (χ2n) is 6.06. The van der Waals surface area contributed by atoms with Crippen LogP contribution in [0.15, 0.2) is 36.5 Å². The molecule has 3 rings (SSSR count). The van der Waals surface area contributed by atoms with Gasteiger partial charge in [0.2, 0.25) is 0 Å². The SMILES string of the molecule is CC1CCCCC1NC(=O)COc1cccc2cccnc12. The molecule has 2 atom stereocenters. The van der Waals surface area contributed by atoms with Crippen molar-refractivity contribution in [1.82, 2.24) is 10.3 Å². The Balaban J connectivity index is 1.60. The van der Waals surface area contributed by atoms with E-state index in [0.717, 1.165) is 17.3 Å². The number of amides is 1. The number of nitrogens with zero attached hydrogens (tertiary/aromatic N) is 1. The smallest absolute Gasteiger partial charge is 0.258 e. The van der Waals surface area contributed by atoms with Gasteiger partial charge in [0.15, 0.2) is 6.61 Å². The molecule has 1 aliphatic carbocycles. The highest BCUT2D eigenvalue weighted by Crippen LogP contribution is 2.24. The predicted octanol–water partition coefficient (Wildman–Crippen LogP) is 3.31. The number of pyridine rings is 1. The molecule has 1 N–H and O–H groups in total. The summed E-state index contributed by atoms with van der Waals surface area (Å²) in [6, 6.07) is 9.92. The number of fused-ring (bicyclic) bond motifs is 1. The Kier molecular flexibility index (Phi) is 4.56. The van der Waals surface area contributed by atoms with Crippen LogP contribution < -0.4 is 10.1 Å². The molecule has 0 saturated heterocycles. The molecule has 1 saturated carbocycles. The van der Waals surface area contributed by atoms with Crippen molar-refractivity contribution in [3.8, 4) is 5.75 Å². The minimum absolute atomic E-state index is 0.0406. The summed E-state index contributed by atoms with van der Waals surface area (Å²) in [6.07, 6.45) is 6.47. The second-order valence-corrected chi connectivity index (χ2v) is 6.06. The van der Waals surface area contributed by atoms with E-state index >= 15 is 0 Å². The van der Waals surface area contributed by atoms with Crippen LogP contribution in [0.2, 0.25) is 0 Å². The fourth-order valence-electron chi connectivity index (χ4n) is 3.12. The molecule has 2 unspecified atom stereocenters. The predicted molar refractivity (Wildman–Crippen MR) is 86.8 cm³/mol. The van der Waals surface area contributed by atoms with Crippen LogP contribution in [0, 0.1) is 5.92 Å². The van der Waals surface area contributed by atoms with Gasteiger partial charge in [-0.2, -0.15) is 0 Å². The average Bonchev–Trinajstić information content (AvgIpc) is 2.55. The van der Waals surface area contributed by atoms with E-state index in [1.165, 1.54) is 19.3 Å². The van der Waals surface area contributed by atoms with Gasteiger partial charge in [0, 0.05) is 17.6 Å². The highest BCUT2D eigenvalue weighted by molar-refractivity contribution is 5.85. The largest absolute Gasteiger partial charge is 0.481 e. The van der Waals surface area contributed by atoms with Crippen LogP contribution in [0.5, 0.6) is 5.75 Å². The van der Waals surface area contributed by atoms with Crippen molar-refractivity contribution in [3.05, 3.63) is 36.5 Å². The number of carbonyl (C=O) groups is 1. The van der Waals surface area contributed by atoms with E-state index in [0.29, 0.717) is 11.7 Å². The molecule has 2 aromatic rings. The standard InChI is InChI=1S/C18H22N2O2/c1-13-6-2-3-9-15(13)20-17(21)12-22-16-10-4-7-14-8-5-11-19-18(14)16/h4-5,7-8,10-11,13,15H,2-3,6,9,12H2,1H3,(H,20,21). The van der Waals surface area contributed by atoms with Crippen molar-refractivity contribution in [1.29, 1.82) is 0 Å². The van der Waals surface area contributed by atoms with Crippen molar-refractivity contribution in [2.45, 2.75) is 38.6 Å². The third kappa shape index (κ3) is 3.38. The van der Waals surface area contributed by atoms with Crippen molar-refractivity contribution in [2.24, 2.45) is 5.92 Å². The number of para-hydroxylation sites is 1. The molecule has 1 aliphatic rings. The molecular formula is C18H22N2O2. The van der Waals surface area contributed by atoms with Gasteiger partial charge in [-0.25, -0.2) is 0 Å². The fraction of sp³-hybridized carbons (Fsp3) is 0.444. The topological polar surface area (TPSA) is 51.2 Å². The molecule has 22 heavy (non-hydrogen) atoms. The Morgan fingerprint density at radius 3 is 2.95 bits per heavy atom. The monoisotopic (exact) mass is 298 g/mol. The number of ether oxygens (including phenoxy) is 1. The van der Waals surface area contributed by atoms with Crippen molar-refractivity contribution in [3.63, 3.8) is 0 Å². The minimum atomic E-state index is -0.0494. The van der Waals surface area contributed by atoms with Gasteiger partial charge < -0.3 is 10.1 Å². The summed E-state index contributed by atoms with van der Waals surface area (Å²) >= 11 is 0. The van der Waals surface area contributed by atoms with E-state index in [2.05, 4.69) is 17.2 Å². The normalized spacial score (nSPS) is 21.5. The van der Waals surface area contributed by atoms with Gasteiger partial charge >= 0.3 is 0 Å². The van der Waals surface area contributed by atoms with Crippen molar-refractivity contribution >= 4 is 16.8 Å². The Labute approximate surface area is 130 Å². The second kappa shape index (κ2) is 6.77. The van der Waals surface area contributed by atoms with Crippen LogP contribution in [-0.4, -0.2) is 23.5 Å². The third-order valence-electron chi connectivity index (χ3n) is 4.41. The average molecular weight is 298 g/mol. The lowest BCUT2D eigenvalue weighted by molar-refractivity contribution is -0.124. The summed E-state index contributed by atoms with van der Waals surface area (Å²) in [6.45, 7) is 2.25. The van der Waals surface area contributed by atoms with E-state index in [4.69, 9.17) is 4.74 Å². The zero-order valence-corrected chi connectivity index (χ0v) is 12.9. The van der Waals surface area contributed by atoms with E-state index in [-0.39, 0.29) is 18.6 Å². The lowest BCUT2D eigenvalue weighted by atomic mass is 9.86. The van der Waals surface area contributed by atoms with Crippen molar-refractivity contribution < 1.29 is 9.53 Å². The summed E-state index contributed by atoms with van der Waals surface area (Å²) in [4.78, 5) is 16.4. The molecule has 116 valence electrons. The highest BCUT2D eigenvalue weighted by Gasteiger charge is 2.22. The first-order chi connectivity index (χ1) is 10.7. The summed E-state index contributed by atoms with van der Waals surface area (Å²) in [5, 5.41) is 4.12. The Morgan fingerprint density at radius 2 is 2.09 bits per heavy atom. The number of carbonyl (C=O) groups excluding carboxylic acids is 1. The zero-order chi connectivity index (χ0) is 15.4. The van der Waals surface area contributed by atoms with Gasteiger partial charge in [0.25, 0.3) is 5.91 Å². The molecule has 1 heterocycles. The van der Waals surface area contributed by atoms with Gasteiger partial charge in [-0.3, -0.25) is 9.78 Å². The molecule has 1 aromatic carbocycles. The first-order valence-electron chi connectivity index (χ1n) is 8.00. The van der Waals surface area contributed by atoms with Gasteiger partial charge in [0.05, 0.1) is 0 Å². The highest BCUT2D eigenvalue weighted by atomic mass is 16.5. The van der Waals surface area contributed by atoms with Gasteiger partial charge in [-0.1, -0.05) is 38.0 Å². The molecule has 0 radical (unpaired) electrons. The quantitative estimate of drug-likeness (QED) is 0.942. The maximum Gasteiger partial charge on any atom is 0.258 e. The number of hydrogen-bond acceptors (Lipinski definition) is 3. The third-order valence-corrected chi connectivity index (χ3v) is 4.41. The fourth-order valence-corrected chi connectivity index (χ4v) is 3.12. The van der Waals surface area contributed by atoms with Crippen LogP contribution in [0.1, 0.15) is 32.6 Å². The summed E-state index contributed by atoms with van der Waals surface area (Å²) < 4.78 is 5.68. The molecule has 0 spiro atoms. The zero-order valence-electron chi connectivity index (χ0n) is 12.9. The maximum atomic E-state index is 12.1. The summed E-state index contributed by atoms with van der Waals surface area (Å²) in [5.74, 6) is 1.16. The number of hydrogen-bond donors (Lipinski definition) is 1. The van der Waals surface area contributed by atoms with Gasteiger partial charge in [-0.05, 0) is 30.9 Å². The van der Waals surface area contributed by atoms with E-state index < -0.39 is 0 Å². The first kappa shape index (κ1) is 14.8. The molecule has 1 amide bonds. The molecule has 4 heteroatoms.